The number of nitrogens with one attached hydrogen (secondary N) is 1. The van der Waals surface area contributed by atoms with Gasteiger partial charge in [-0.1, -0.05) is 66.9 Å². The lowest BCUT2D eigenvalue weighted by Crippen LogP contribution is -2.45. The molecule has 0 aliphatic heterocycles. The Morgan fingerprint density at radius 1 is 0.929 bits per heavy atom. The highest BCUT2D eigenvalue weighted by Crippen LogP contribution is 2.41. The Hall–Kier alpha value is -2.16. The van der Waals surface area contributed by atoms with Crippen molar-refractivity contribution in [2.75, 3.05) is 11.5 Å². The van der Waals surface area contributed by atoms with E-state index in [9.17, 15) is 52.7 Å². The van der Waals surface area contributed by atoms with Crippen LogP contribution in [-0.2, 0) is 16.0 Å². The summed E-state index contributed by atoms with van der Waals surface area (Å²) in [5.74, 6) is -8.01. The summed E-state index contributed by atoms with van der Waals surface area (Å²) in [4.78, 5) is 12.8. The van der Waals surface area contributed by atoms with Crippen LogP contribution in [0.5, 0.6) is 0 Å². The Morgan fingerprint density at radius 3 is 1.93 bits per heavy atom. The van der Waals surface area contributed by atoms with Crippen LogP contribution in [0, 0.1) is 5.92 Å². The zero-order valence-electron chi connectivity index (χ0n) is 21.4. The molecule has 2 atom stereocenters. The lowest BCUT2D eigenvalue weighted by atomic mass is 9.96. The third kappa shape index (κ3) is 10.2. The zero-order chi connectivity index (χ0) is 32.4. The third-order valence-corrected chi connectivity index (χ3v) is 8.56. The average molecular weight is 693 g/mol. The largest absolute Gasteiger partial charge is 0.417 e. The van der Waals surface area contributed by atoms with Crippen LogP contribution >= 0.6 is 34.8 Å². The second-order valence-corrected chi connectivity index (χ2v) is 12.8. The van der Waals surface area contributed by atoms with Gasteiger partial charge in [0.25, 0.3) is 5.91 Å². The number of rotatable bonds is 9. The molecule has 234 valence electrons. The number of allylic oxidation sites excluding steroid dienone is 1. The maximum Gasteiger partial charge on any atom is 0.417 e. The van der Waals surface area contributed by atoms with E-state index in [0.29, 0.717) is 18.2 Å². The van der Waals surface area contributed by atoms with Gasteiger partial charge in [-0.3, -0.25) is 4.79 Å². The van der Waals surface area contributed by atoms with Gasteiger partial charge in [-0.15, -0.1) is 0 Å². The topological polar surface area (TPSA) is 63.2 Å². The average Bonchev–Trinajstić information content (AvgIpc) is 2.78. The van der Waals surface area contributed by atoms with Gasteiger partial charge in [-0.2, -0.15) is 39.5 Å². The van der Waals surface area contributed by atoms with Crippen molar-refractivity contribution in [2.24, 2.45) is 5.92 Å². The van der Waals surface area contributed by atoms with E-state index in [1.165, 1.54) is 13.8 Å². The fourth-order valence-corrected chi connectivity index (χ4v) is 5.94. The Labute approximate surface area is 249 Å². The van der Waals surface area contributed by atoms with Crippen molar-refractivity contribution in [1.82, 2.24) is 5.32 Å². The first-order chi connectivity index (χ1) is 18.9. The summed E-state index contributed by atoms with van der Waals surface area (Å²) >= 11 is 17.4. The molecule has 17 heteroatoms. The van der Waals surface area contributed by atoms with E-state index in [2.05, 4.69) is 0 Å². The number of halogens is 12. The van der Waals surface area contributed by atoms with E-state index < -0.39 is 85.9 Å². The zero-order valence-corrected chi connectivity index (χ0v) is 24.4. The second kappa shape index (κ2) is 13.2. The third-order valence-electron chi connectivity index (χ3n) is 5.73. The molecule has 0 radical (unpaired) electrons. The summed E-state index contributed by atoms with van der Waals surface area (Å²) in [6.45, 7) is 2.68. The van der Waals surface area contributed by atoms with Gasteiger partial charge in [0.2, 0.25) is 0 Å². The van der Waals surface area contributed by atoms with E-state index in [0.717, 1.165) is 24.3 Å². The van der Waals surface area contributed by atoms with Gasteiger partial charge in [0, 0.05) is 6.04 Å². The van der Waals surface area contributed by atoms with E-state index in [-0.39, 0.29) is 15.1 Å². The molecule has 1 amide bonds. The summed E-state index contributed by atoms with van der Waals surface area (Å²) in [5.41, 5.74) is -3.45. The fraction of sp³-hybridized carbons (Fsp3) is 0.400. The number of alkyl halides is 9. The van der Waals surface area contributed by atoms with Gasteiger partial charge in [-0.05, 0) is 41.3 Å². The predicted octanol–water partition coefficient (Wildman–Crippen LogP) is 8.76. The lowest BCUT2D eigenvalue weighted by molar-refractivity contribution is -0.139. The van der Waals surface area contributed by atoms with Crippen molar-refractivity contribution in [2.45, 2.75) is 44.3 Å². The van der Waals surface area contributed by atoms with Gasteiger partial charge in [0.1, 0.15) is 5.75 Å². The van der Waals surface area contributed by atoms with Crippen molar-refractivity contribution in [1.29, 1.82) is 0 Å². The van der Waals surface area contributed by atoms with Crippen molar-refractivity contribution in [3.8, 4) is 0 Å². The SMILES string of the molecule is CC(C)C(CS(=O)(=O)CC(F)(F)F)NC(=O)c1ccc(/C=C/C(c2cc(Cl)c(Cl)c(Cl)c2)C(F)(F)F)cc1C(F)(F)F. The van der Waals surface area contributed by atoms with Crippen LogP contribution in [0.1, 0.15) is 46.8 Å². The van der Waals surface area contributed by atoms with Crippen LogP contribution in [0.2, 0.25) is 15.1 Å². The summed E-state index contributed by atoms with van der Waals surface area (Å²) in [6.07, 6.45) is -13.9. The first kappa shape index (κ1) is 36.0. The Morgan fingerprint density at radius 2 is 1.48 bits per heavy atom. The molecular formula is C25H21Cl3F9NO3S. The molecule has 1 N–H and O–H groups in total. The molecule has 0 aromatic heterocycles. The number of carbonyl (C=O) groups is 1. The van der Waals surface area contributed by atoms with E-state index in [4.69, 9.17) is 34.8 Å². The monoisotopic (exact) mass is 691 g/mol. The number of hydrogen-bond acceptors (Lipinski definition) is 3. The molecule has 0 spiro atoms. The molecular weight excluding hydrogens is 672 g/mol. The molecule has 2 rings (SSSR count). The fourth-order valence-electron chi connectivity index (χ4n) is 3.70. The molecule has 2 unspecified atom stereocenters. The first-order valence-corrected chi connectivity index (χ1v) is 14.6. The smallest absolute Gasteiger partial charge is 0.348 e. The predicted molar refractivity (Wildman–Crippen MR) is 142 cm³/mol. The summed E-state index contributed by atoms with van der Waals surface area (Å²) in [6, 6.07) is 2.25. The van der Waals surface area contributed by atoms with Crippen LogP contribution < -0.4 is 5.32 Å². The molecule has 0 bridgehead atoms. The van der Waals surface area contributed by atoms with E-state index in [1.807, 2.05) is 5.32 Å². The number of amides is 1. The number of benzene rings is 2. The number of carbonyl (C=O) groups excluding carboxylic acids is 1. The molecule has 0 heterocycles. The Balaban J connectivity index is 2.45. The van der Waals surface area contributed by atoms with Gasteiger partial charge < -0.3 is 5.32 Å². The van der Waals surface area contributed by atoms with Crippen LogP contribution in [0.25, 0.3) is 6.08 Å². The second-order valence-electron chi connectivity index (χ2n) is 9.47. The lowest BCUT2D eigenvalue weighted by Gasteiger charge is -2.24. The summed E-state index contributed by atoms with van der Waals surface area (Å²) in [5, 5.41) is 1.25. The standard InChI is InChI=1S/C25H21Cl3F9NO3S/c1-12(2)20(10-42(40,41)11-23(29,30)31)38-22(39)15-5-3-13(7-17(15)25(35,36)37)4-6-16(24(32,33)34)14-8-18(26)21(28)19(27)9-14/h3-9,12,16,20H,10-11H2,1-2H3,(H,38,39)/b6-4+. The molecule has 2 aromatic carbocycles. The molecule has 0 saturated carbocycles. The van der Waals surface area contributed by atoms with E-state index in [1.54, 1.807) is 0 Å². The van der Waals surface area contributed by atoms with Crippen LogP contribution in [0.3, 0.4) is 0 Å². The molecule has 42 heavy (non-hydrogen) atoms. The molecule has 4 nitrogen and oxygen atoms in total. The summed E-state index contributed by atoms with van der Waals surface area (Å²) < 4.78 is 145. The maximum atomic E-state index is 13.9. The van der Waals surface area contributed by atoms with Gasteiger partial charge >= 0.3 is 18.5 Å². The van der Waals surface area contributed by atoms with Crippen molar-refractivity contribution in [3.05, 3.63) is 73.7 Å². The van der Waals surface area contributed by atoms with Gasteiger partial charge in [0.15, 0.2) is 9.84 Å². The molecule has 0 saturated heterocycles. The normalized spacial score (nSPS) is 14.8. The maximum absolute atomic E-state index is 13.9. The van der Waals surface area contributed by atoms with Crippen LogP contribution in [0.4, 0.5) is 39.5 Å². The molecule has 2 aromatic rings. The molecule has 0 aliphatic rings. The molecule has 0 fully saturated rings. The first-order valence-electron chi connectivity index (χ1n) is 11.6. The quantitative estimate of drug-likeness (QED) is 0.211. The number of sulfone groups is 1. The highest BCUT2D eigenvalue weighted by atomic mass is 35.5. The van der Waals surface area contributed by atoms with Crippen molar-refractivity contribution >= 4 is 56.6 Å². The van der Waals surface area contributed by atoms with Gasteiger partial charge in [0.05, 0.1) is 37.9 Å². The van der Waals surface area contributed by atoms with Crippen molar-refractivity contribution < 1.29 is 52.7 Å². The Kier molecular flexibility index (Phi) is 11.3. The van der Waals surface area contributed by atoms with E-state index >= 15 is 0 Å². The molecule has 0 aliphatic carbocycles. The Bertz CT molecular complexity index is 1410. The minimum absolute atomic E-state index is 0.201. The van der Waals surface area contributed by atoms with Crippen LogP contribution in [0.15, 0.2) is 36.4 Å². The highest BCUT2D eigenvalue weighted by molar-refractivity contribution is 7.91. The summed E-state index contributed by atoms with van der Waals surface area (Å²) in [7, 11) is -4.80. The van der Waals surface area contributed by atoms with Crippen LogP contribution in [-0.4, -0.2) is 44.2 Å². The van der Waals surface area contributed by atoms with Crippen molar-refractivity contribution in [3.63, 3.8) is 0 Å². The minimum Gasteiger partial charge on any atom is -0.348 e. The number of hydrogen-bond donors (Lipinski definition) is 1. The van der Waals surface area contributed by atoms with Gasteiger partial charge in [-0.25, -0.2) is 8.42 Å². The highest BCUT2D eigenvalue weighted by Gasteiger charge is 2.40. The minimum atomic E-state index is -5.20.